The lowest BCUT2D eigenvalue weighted by Crippen LogP contribution is -3.00. The molecule has 0 saturated carbocycles. The van der Waals surface area contributed by atoms with Crippen LogP contribution >= 0.6 is 11.6 Å². The maximum atomic E-state index is 9.21. The van der Waals surface area contributed by atoms with Gasteiger partial charge in [-0.1, -0.05) is 41.9 Å². The summed E-state index contributed by atoms with van der Waals surface area (Å²) in [5.41, 5.74) is 3.26. The van der Waals surface area contributed by atoms with Crippen molar-refractivity contribution in [2.45, 2.75) is 13.1 Å². The monoisotopic (exact) mass is 336 g/mol. The minimum atomic E-state index is 0. The Bertz CT molecular complexity index is 839. The molecule has 0 spiro atoms. The molecule has 0 bridgehead atoms. The Morgan fingerprint density at radius 2 is 1.55 bits per heavy atom. The summed E-state index contributed by atoms with van der Waals surface area (Å²) in [5, 5.41) is 18.3. The Balaban J connectivity index is 0.00000176. The Morgan fingerprint density at radius 1 is 0.955 bits per heavy atom. The largest absolute Gasteiger partial charge is 1.00 e. The fourth-order valence-electron chi connectivity index (χ4n) is 2.58. The molecule has 0 saturated heterocycles. The van der Waals surface area contributed by atoms with Gasteiger partial charge >= 0.3 is 0 Å². The van der Waals surface area contributed by atoms with Crippen LogP contribution in [0.15, 0.2) is 48.5 Å². The van der Waals surface area contributed by atoms with Gasteiger partial charge in [0, 0.05) is 11.6 Å². The lowest BCUT2D eigenvalue weighted by molar-refractivity contribution is -0.00000545. The van der Waals surface area contributed by atoms with E-state index >= 15 is 0 Å². The highest BCUT2D eigenvalue weighted by molar-refractivity contribution is 6.31. The van der Waals surface area contributed by atoms with Gasteiger partial charge in [0.25, 0.3) is 0 Å². The Morgan fingerprint density at radius 3 is 2.18 bits per heavy atom. The first-order chi connectivity index (χ1) is 10.2. The van der Waals surface area contributed by atoms with Crippen molar-refractivity contribution < 1.29 is 17.5 Å². The van der Waals surface area contributed by atoms with Crippen molar-refractivity contribution >= 4 is 22.6 Å². The second-order valence-corrected chi connectivity index (χ2v) is 5.27. The SMILES string of the molecule is N=c1n(CCO)c2ccccc2n1Cc1ccccc1Cl.[Cl-]. The molecule has 0 fully saturated rings. The van der Waals surface area contributed by atoms with E-state index in [1.54, 1.807) is 0 Å². The molecule has 0 amide bonds. The summed E-state index contributed by atoms with van der Waals surface area (Å²) < 4.78 is 3.72. The van der Waals surface area contributed by atoms with Crippen LogP contribution in [-0.2, 0) is 13.1 Å². The normalized spacial score (nSPS) is 10.6. The fourth-order valence-corrected chi connectivity index (χ4v) is 2.77. The molecular weight excluding hydrogens is 321 g/mol. The maximum absolute atomic E-state index is 9.21. The van der Waals surface area contributed by atoms with E-state index in [-0.39, 0.29) is 19.0 Å². The number of aromatic nitrogens is 2. The van der Waals surface area contributed by atoms with Crippen LogP contribution in [0.1, 0.15) is 5.56 Å². The lowest BCUT2D eigenvalue weighted by atomic mass is 10.2. The quantitative estimate of drug-likeness (QED) is 0.670. The van der Waals surface area contributed by atoms with Gasteiger partial charge < -0.3 is 26.6 Å². The molecule has 0 aliphatic carbocycles. The molecule has 3 aromatic rings. The Kier molecular flexibility index (Phi) is 5.29. The van der Waals surface area contributed by atoms with Gasteiger partial charge in [-0.15, -0.1) is 0 Å². The first kappa shape index (κ1) is 16.6. The van der Waals surface area contributed by atoms with Gasteiger partial charge in [-0.25, -0.2) is 0 Å². The second-order valence-electron chi connectivity index (χ2n) is 4.87. The number of imidazole rings is 1. The molecule has 2 aromatic carbocycles. The molecule has 3 rings (SSSR count). The number of fused-ring (bicyclic) bond motifs is 1. The van der Waals surface area contributed by atoms with Crippen molar-refractivity contribution in [1.29, 1.82) is 5.41 Å². The van der Waals surface area contributed by atoms with E-state index in [1.807, 2.05) is 57.7 Å². The number of benzene rings is 2. The van der Waals surface area contributed by atoms with Gasteiger partial charge in [0.2, 0.25) is 5.62 Å². The molecule has 116 valence electrons. The van der Waals surface area contributed by atoms with Crippen LogP contribution in [0, 0.1) is 5.41 Å². The van der Waals surface area contributed by atoms with E-state index in [4.69, 9.17) is 17.0 Å². The average Bonchev–Trinajstić information content (AvgIpc) is 2.76. The Labute approximate surface area is 139 Å². The molecule has 0 aliphatic rings. The van der Waals surface area contributed by atoms with Gasteiger partial charge in [-0.2, -0.15) is 0 Å². The van der Waals surface area contributed by atoms with E-state index < -0.39 is 0 Å². The van der Waals surface area contributed by atoms with Crippen LogP contribution in [0.3, 0.4) is 0 Å². The number of nitrogens with zero attached hydrogens (tertiary/aromatic N) is 2. The van der Waals surface area contributed by atoms with Gasteiger partial charge in [-0.05, 0) is 23.8 Å². The third kappa shape index (κ3) is 2.90. The Hall–Kier alpha value is -1.75. The average molecular weight is 337 g/mol. The molecule has 1 aromatic heterocycles. The van der Waals surface area contributed by atoms with Crippen LogP contribution in [-0.4, -0.2) is 20.8 Å². The predicted octanol–water partition coefficient (Wildman–Crippen LogP) is -0.380. The van der Waals surface area contributed by atoms with E-state index in [0.29, 0.717) is 23.7 Å². The minimum Gasteiger partial charge on any atom is -1.00 e. The summed E-state index contributed by atoms with van der Waals surface area (Å²) in [6.07, 6.45) is 0. The molecule has 6 heteroatoms. The summed E-state index contributed by atoms with van der Waals surface area (Å²) in [6, 6.07) is 15.5. The smallest absolute Gasteiger partial charge is 0.203 e. The zero-order chi connectivity index (χ0) is 14.8. The number of hydrogen-bond acceptors (Lipinski definition) is 2. The standard InChI is InChI=1S/C16H16ClN3O.ClH/c17-13-6-2-1-5-12(13)11-20-15-8-4-3-7-14(15)19(9-10-21)16(20)18;/h1-8,18,21H,9-11H2;1H/p-1. The number of rotatable bonds is 4. The van der Waals surface area contributed by atoms with Crippen LogP contribution in [0.4, 0.5) is 0 Å². The fraction of sp³-hybridized carbons (Fsp3) is 0.188. The lowest BCUT2D eigenvalue weighted by Gasteiger charge is -2.06. The molecule has 0 atom stereocenters. The van der Waals surface area contributed by atoms with Crippen LogP contribution in [0.5, 0.6) is 0 Å². The number of hydrogen-bond donors (Lipinski definition) is 2. The highest BCUT2D eigenvalue weighted by atomic mass is 35.5. The van der Waals surface area contributed by atoms with Gasteiger partial charge in [0.15, 0.2) is 0 Å². The van der Waals surface area contributed by atoms with Crippen molar-refractivity contribution in [3.8, 4) is 0 Å². The summed E-state index contributed by atoms with van der Waals surface area (Å²) in [5.74, 6) is 0. The second kappa shape index (κ2) is 7.01. The molecule has 2 N–H and O–H groups in total. The van der Waals surface area contributed by atoms with Crippen molar-refractivity contribution in [3.63, 3.8) is 0 Å². The number of aliphatic hydroxyl groups is 1. The van der Waals surface area contributed by atoms with E-state index in [2.05, 4.69) is 0 Å². The summed E-state index contributed by atoms with van der Waals surface area (Å²) in [4.78, 5) is 0. The van der Waals surface area contributed by atoms with Crippen molar-refractivity contribution in [3.05, 3.63) is 64.7 Å². The van der Waals surface area contributed by atoms with Crippen LogP contribution in [0.2, 0.25) is 5.02 Å². The molecule has 22 heavy (non-hydrogen) atoms. The van der Waals surface area contributed by atoms with Crippen molar-refractivity contribution in [2.24, 2.45) is 0 Å². The van der Waals surface area contributed by atoms with Gasteiger partial charge in [-0.3, -0.25) is 5.41 Å². The third-order valence-electron chi connectivity index (χ3n) is 3.58. The van der Waals surface area contributed by atoms with Crippen LogP contribution < -0.4 is 18.0 Å². The molecular formula is C16H16Cl2N3O-. The maximum Gasteiger partial charge on any atom is 0.203 e. The molecule has 0 unspecified atom stereocenters. The molecule has 0 aliphatic heterocycles. The van der Waals surface area contributed by atoms with Gasteiger partial charge in [0.05, 0.1) is 24.2 Å². The number of aliphatic hydroxyl groups excluding tert-OH is 1. The first-order valence-electron chi connectivity index (χ1n) is 6.79. The zero-order valence-electron chi connectivity index (χ0n) is 11.8. The summed E-state index contributed by atoms with van der Waals surface area (Å²) >= 11 is 6.22. The number of nitrogens with one attached hydrogen (secondary N) is 1. The minimum absolute atomic E-state index is 0. The summed E-state index contributed by atoms with van der Waals surface area (Å²) in [6.45, 7) is 0.961. The van der Waals surface area contributed by atoms with E-state index in [1.165, 1.54) is 0 Å². The van der Waals surface area contributed by atoms with Crippen LogP contribution in [0.25, 0.3) is 11.0 Å². The zero-order valence-corrected chi connectivity index (χ0v) is 13.3. The van der Waals surface area contributed by atoms with E-state index in [9.17, 15) is 5.11 Å². The number of para-hydroxylation sites is 2. The topological polar surface area (TPSA) is 53.9 Å². The highest BCUT2D eigenvalue weighted by Gasteiger charge is 2.11. The molecule has 1 heterocycles. The van der Waals surface area contributed by atoms with Crippen molar-refractivity contribution in [2.75, 3.05) is 6.61 Å². The predicted molar refractivity (Wildman–Crippen MR) is 83.4 cm³/mol. The number of halogens is 2. The molecule has 0 radical (unpaired) electrons. The van der Waals surface area contributed by atoms with Gasteiger partial charge in [0.1, 0.15) is 0 Å². The van der Waals surface area contributed by atoms with Crippen molar-refractivity contribution in [1.82, 2.24) is 9.13 Å². The first-order valence-corrected chi connectivity index (χ1v) is 7.17. The third-order valence-corrected chi connectivity index (χ3v) is 3.95. The van der Waals surface area contributed by atoms with E-state index in [0.717, 1.165) is 16.6 Å². The highest BCUT2D eigenvalue weighted by Crippen LogP contribution is 2.19. The molecule has 4 nitrogen and oxygen atoms in total. The summed E-state index contributed by atoms with van der Waals surface area (Å²) in [7, 11) is 0.